The number of hydrogen-bond acceptors (Lipinski definition) is 2. The SMILES string of the molecule is Cc1c(Cl)cccc1-c1n[nH]c(=S)n1C(C)(C)C. The number of hydrogen-bond donors (Lipinski definition) is 1. The topological polar surface area (TPSA) is 33.6 Å². The van der Waals surface area contributed by atoms with Gasteiger partial charge in [0.25, 0.3) is 0 Å². The van der Waals surface area contributed by atoms with Crippen LogP contribution in [-0.4, -0.2) is 14.8 Å². The van der Waals surface area contributed by atoms with Gasteiger partial charge in [0.1, 0.15) is 0 Å². The fourth-order valence-corrected chi connectivity index (χ4v) is 2.53. The van der Waals surface area contributed by atoms with Gasteiger partial charge < -0.3 is 0 Å². The van der Waals surface area contributed by atoms with Crippen LogP contribution in [0.2, 0.25) is 5.02 Å². The van der Waals surface area contributed by atoms with Gasteiger partial charge in [-0.1, -0.05) is 23.7 Å². The third kappa shape index (κ3) is 2.22. The molecule has 0 saturated heterocycles. The Morgan fingerprint density at radius 2 is 2.00 bits per heavy atom. The monoisotopic (exact) mass is 281 g/mol. The van der Waals surface area contributed by atoms with Crippen LogP contribution in [0.15, 0.2) is 18.2 Å². The lowest BCUT2D eigenvalue weighted by Gasteiger charge is -2.23. The fourth-order valence-electron chi connectivity index (χ4n) is 1.95. The maximum atomic E-state index is 6.16. The van der Waals surface area contributed by atoms with Crippen LogP contribution in [0.3, 0.4) is 0 Å². The summed E-state index contributed by atoms with van der Waals surface area (Å²) in [5.41, 5.74) is 1.89. The lowest BCUT2D eigenvalue weighted by atomic mass is 10.1. The lowest BCUT2D eigenvalue weighted by molar-refractivity contribution is 0.395. The highest BCUT2D eigenvalue weighted by molar-refractivity contribution is 7.71. The molecule has 0 bridgehead atoms. The minimum absolute atomic E-state index is 0.131. The number of H-pyrrole nitrogens is 1. The van der Waals surface area contributed by atoms with E-state index in [0.717, 1.165) is 22.0 Å². The maximum Gasteiger partial charge on any atom is 0.195 e. The summed E-state index contributed by atoms with van der Waals surface area (Å²) in [5, 5.41) is 7.94. The van der Waals surface area contributed by atoms with Gasteiger partial charge in [0.05, 0.1) is 0 Å². The van der Waals surface area contributed by atoms with Crippen LogP contribution in [0.4, 0.5) is 0 Å². The van der Waals surface area contributed by atoms with E-state index in [1.165, 1.54) is 0 Å². The van der Waals surface area contributed by atoms with E-state index in [0.29, 0.717) is 4.77 Å². The number of aromatic amines is 1. The van der Waals surface area contributed by atoms with Gasteiger partial charge in [-0.3, -0.25) is 9.67 Å². The first-order valence-electron chi connectivity index (χ1n) is 5.76. The minimum Gasteiger partial charge on any atom is -0.295 e. The first-order chi connectivity index (χ1) is 8.32. The summed E-state index contributed by atoms with van der Waals surface area (Å²) >= 11 is 11.5. The summed E-state index contributed by atoms with van der Waals surface area (Å²) in [5.74, 6) is 0.826. The Morgan fingerprint density at radius 3 is 2.61 bits per heavy atom. The molecular formula is C13H16ClN3S. The number of rotatable bonds is 1. The highest BCUT2D eigenvalue weighted by atomic mass is 35.5. The van der Waals surface area contributed by atoms with Crippen LogP contribution in [0, 0.1) is 11.7 Å². The summed E-state index contributed by atoms with van der Waals surface area (Å²) in [6.45, 7) is 8.29. The molecule has 96 valence electrons. The fraction of sp³-hybridized carbons (Fsp3) is 0.385. The van der Waals surface area contributed by atoms with Gasteiger partial charge in [-0.2, -0.15) is 5.10 Å². The van der Waals surface area contributed by atoms with Gasteiger partial charge in [0.2, 0.25) is 0 Å². The molecule has 18 heavy (non-hydrogen) atoms. The van der Waals surface area contributed by atoms with Gasteiger partial charge in [-0.05, 0) is 51.5 Å². The van der Waals surface area contributed by atoms with Gasteiger partial charge in [-0.25, -0.2) is 0 Å². The molecule has 2 aromatic rings. The van der Waals surface area contributed by atoms with E-state index in [1.807, 2.05) is 29.7 Å². The standard InChI is InChI=1S/C13H16ClN3S/c1-8-9(6-5-7-10(8)14)11-15-16-12(18)17(11)13(2,3)4/h5-7H,1-4H3,(H,16,18). The van der Waals surface area contributed by atoms with Crippen molar-refractivity contribution in [3.8, 4) is 11.4 Å². The molecule has 0 fully saturated rings. The second-order valence-corrected chi connectivity index (χ2v) is 6.06. The second-order valence-electron chi connectivity index (χ2n) is 5.27. The zero-order chi connectivity index (χ0) is 13.5. The Hall–Kier alpha value is -1.13. The molecule has 0 atom stereocenters. The molecule has 0 unspecified atom stereocenters. The van der Waals surface area contributed by atoms with Gasteiger partial charge in [0, 0.05) is 16.1 Å². The zero-order valence-electron chi connectivity index (χ0n) is 10.9. The largest absolute Gasteiger partial charge is 0.295 e. The van der Waals surface area contributed by atoms with Gasteiger partial charge in [-0.15, -0.1) is 0 Å². The van der Waals surface area contributed by atoms with Crippen LogP contribution in [-0.2, 0) is 5.54 Å². The van der Waals surface area contributed by atoms with E-state index < -0.39 is 0 Å². The van der Waals surface area contributed by atoms with Gasteiger partial charge in [0.15, 0.2) is 10.6 Å². The molecule has 1 aromatic carbocycles. The van der Waals surface area contributed by atoms with E-state index in [4.69, 9.17) is 23.8 Å². The molecule has 0 radical (unpaired) electrons. The number of benzene rings is 1. The Bertz CT molecular complexity index is 634. The Kier molecular flexibility index (Phi) is 3.34. The van der Waals surface area contributed by atoms with Crippen molar-refractivity contribution in [2.75, 3.05) is 0 Å². The Balaban J connectivity index is 2.74. The predicted octanol–water partition coefficient (Wildman–Crippen LogP) is 4.32. The smallest absolute Gasteiger partial charge is 0.195 e. The molecule has 0 saturated carbocycles. The summed E-state index contributed by atoms with van der Waals surface area (Å²) in [6.07, 6.45) is 0. The molecule has 0 aliphatic heterocycles. The Labute approximate surface area is 117 Å². The first-order valence-corrected chi connectivity index (χ1v) is 6.54. The van der Waals surface area contributed by atoms with Crippen molar-refractivity contribution in [2.24, 2.45) is 0 Å². The van der Waals surface area contributed by atoms with Crippen LogP contribution >= 0.6 is 23.8 Å². The summed E-state index contributed by atoms with van der Waals surface area (Å²) in [6, 6.07) is 5.81. The number of nitrogens with one attached hydrogen (secondary N) is 1. The van der Waals surface area contributed by atoms with Crippen molar-refractivity contribution in [1.82, 2.24) is 14.8 Å². The van der Waals surface area contributed by atoms with Crippen LogP contribution in [0.1, 0.15) is 26.3 Å². The van der Waals surface area contributed by atoms with E-state index in [2.05, 4.69) is 31.0 Å². The average molecular weight is 282 g/mol. The minimum atomic E-state index is -0.131. The highest BCUT2D eigenvalue weighted by Crippen LogP contribution is 2.30. The predicted molar refractivity (Wildman–Crippen MR) is 77.6 cm³/mol. The first kappa shape index (κ1) is 13.3. The van der Waals surface area contributed by atoms with Crippen LogP contribution < -0.4 is 0 Å². The highest BCUT2D eigenvalue weighted by Gasteiger charge is 2.21. The lowest BCUT2D eigenvalue weighted by Crippen LogP contribution is -2.23. The van der Waals surface area contributed by atoms with Crippen molar-refractivity contribution in [3.05, 3.63) is 33.6 Å². The Morgan fingerprint density at radius 1 is 1.33 bits per heavy atom. The molecular weight excluding hydrogens is 266 g/mol. The molecule has 5 heteroatoms. The zero-order valence-corrected chi connectivity index (χ0v) is 12.5. The second kappa shape index (κ2) is 4.52. The summed E-state index contributed by atoms with van der Waals surface area (Å²) < 4.78 is 2.64. The average Bonchev–Trinajstić information content (AvgIpc) is 2.64. The van der Waals surface area contributed by atoms with Crippen molar-refractivity contribution >= 4 is 23.8 Å². The molecule has 0 amide bonds. The molecule has 0 spiro atoms. The molecule has 3 nitrogen and oxygen atoms in total. The third-order valence-electron chi connectivity index (χ3n) is 2.85. The van der Waals surface area contributed by atoms with E-state index >= 15 is 0 Å². The molecule has 0 aliphatic rings. The van der Waals surface area contributed by atoms with Gasteiger partial charge >= 0.3 is 0 Å². The van der Waals surface area contributed by atoms with Crippen molar-refractivity contribution in [3.63, 3.8) is 0 Å². The van der Waals surface area contributed by atoms with Crippen molar-refractivity contribution in [1.29, 1.82) is 0 Å². The maximum absolute atomic E-state index is 6.16. The number of halogens is 1. The molecule has 1 heterocycles. The van der Waals surface area contributed by atoms with E-state index in [-0.39, 0.29) is 5.54 Å². The number of aromatic nitrogens is 3. The number of nitrogens with zero attached hydrogens (tertiary/aromatic N) is 2. The van der Waals surface area contributed by atoms with Crippen LogP contribution in [0.5, 0.6) is 0 Å². The van der Waals surface area contributed by atoms with Crippen LogP contribution in [0.25, 0.3) is 11.4 Å². The van der Waals surface area contributed by atoms with E-state index in [1.54, 1.807) is 0 Å². The summed E-state index contributed by atoms with van der Waals surface area (Å²) in [4.78, 5) is 0. The molecule has 0 aliphatic carbocycles. The third-order valence-corrected chi connectivity index (χ3v) is 3.54. The normalized spacial score (nSPS) is 11.8. The molecule has 1 aromatic heterocycles. The van der Waals surface area contributed by atoms with Crippen molar-refractivity contribution < 1.29 is 0 Å². The van der Waals surface area contributed by atoms with E-state index in [9.17, 15) is 0 Å². The summed E-state index contributed by atoms with van der Waals surface area (Å²) in [7, 11) is 0. The molecule has 2 rings (SSSR count). The quantitative estimate of drug-likeness (QED) is 0.790. The molecule has 1 N–H and O–H groups in total. The van der Waals surface area contributed by atoms with Crippen molar-refractivity contribution in [2.45, 2.75) is 33.2 Å².